The van der Waals surface area contributed by atoms with Crippen LogP contribution < -0.4 is 10.6 Å². The van der Waals surface area contributed by atoms with Gasteiger partial charge in [-0.05, 0) is 54.3 Å². The van der Waals surface area contributed by atoms with Gasteiger partial charge in [0.25, 0.3) is 11.8 Å². The minimum Gasteiger partial charge on any atom is -0.347 e. The summed E-state index contributed by atoms with van der Waals surface area (Å²) in [6.45, 7) is 4.48. The first-order valence-corrected chi connectivity index (χ1v) is 9.27. The highest BCUT2D eigenvalue weighted by Crippen LogP contribution is 2.12. The van der Waals surface area contributed by atoms with Crippen molar-refractivity contribution < 1.29 is 9.59 Å². The molecular formula is C23H23N3O2. The topological polar surface area (TPSA) is 71.1 Å². The van der Waals surface area contributed by atoms with Crippen molar-refractivity contribution in [1.82, 2.24) is 10.3 Å². The van der Waals surface area contributed by atoms with E-state index in [0.29, 0.717) is 12.2 Å². The fourth-order valence-electron chi connectivity index (χ4n) is 2.78. The third-order valence-corrected chi connectivity index (χ3v) is 4.54. The lowest BCUT2D eigenvalue weighted by atomic mass is 10.1. The molecule has 0 aliphatic carbocycles. The molecule has 0 saturated heterocycles. The zero-order valence-electron chi connectivity index (χ0n) is 16.0. The molecule has 1 aromatic heterocycles. The highest BCUT2D eigenvalue weighted by molar-refractivity contribution is 6.03. The quantitative estimate of drug-likeness (QED) is 0.682. The minimum absolute atomic E-state index is 0.197. The summed E-state index contributed by atoms with van der Waals surface area (Å²) in [7, 11) is 0. The molecule has 0 fully saturated rings. The third kappa shape index (κ3) is 4.82. The molecule has 0 bridgehead atoms. The first kappa shape index (κ1) is 19.3. The third-order valence-electron chi connectivity index (χ3n) is 4.54. The monoisotopic (exact) mass is 373 g/mol. The molecule has 3 rings (SSSR count). The van der Waals surface area contributed by atoms with Crippen LogP contribution in [-0.2, 0) is 13.0 Å². The number of rotatable bonds is 6. The van der Waals surface area contributed by atoms with Crippen LogP contribution in [0.5, 0.6) is 0 Å². The predicted octanol–water partition coefficient (Wildman–Crippen LogP) is 4.13. The van der Waals surface area contributed by atoms with Crippen molar-refractivity contribution in [3.05, 3.63) is 94.8 Å². The molecule has 5 nitrogen and oxygen atoms in total. The van der Waals surface area contributed by atoms with Crippen LogP contribution in [0.4, 0.5) is 5.69 Å². The number of anilines is 1. The van der Waals surface area contributed by atoms with Crippen molar-refractivity contribution >= 4 is 17.5 Å². The van der Waals surface area contributed by atoms with E-state index in [4.69, 9.17) is 0 Å². The van der Waals surface area contributed by atoms with Crippen molar-refractivity contribution in [2.45, 2.75) is 26.8 Å². The maximum absolute atomic E-state index is 12.5. The molecule has 5 heteroatoms. The fourth-order valence-corrected chi connectivity index (χ4v) is 2.78. The maximum Gasteiger partial charge on any atom is 0.274 e. The van der Waals surface area contributed by atoms with E-state index in [1.54, 1.807) is 18.2 Å². The van der Waals surface area contributed by atoms with Gasteiger partial charge in [0, 0.05) is 12.2 Å². The Bertz CT molecular complexity index is 981. The number of nitrogens with zero attached hydrogens (tertiary/aromatic N) is 1. The van der Waals surface area contributed by atoms with Crippen molar-refractivity contribution in [1.29, 1.82) is 0 Å². The molecule has 2 N–H and O–H groups in total. The van der Waals surface area contributed by atoms with E-state index in [-0.39, 0.29) is 23.2 Å². The molecule has 28 heavy (non-hydrogen) atoms. The number of carbonyl (C=O) groups is 2. The van der Waals surface area contributed by atoms with Crippen LogP contribution in [0.3, 0.4) is 0 Å². The van der Waals surface area contributed by atoms with Crippen molar-refractivity contribution in [2.75, 3.05) is 5.32 Å². The normalized spacial score (nSPS) is 10.4. The van der Waals surface area contributed by atoms with Gasteiger partial charge in [0.2, 0.25) is 0 Å². The average molecular weight is 373 g/mol. The highest BCUT2D eigenvalue weighted by atomic mass is 16.2. The van der Waals surface area contributed by atoms with Gasteiger partial charge in [0.15, 0.2) is 0 Å². The Hall–Kier alpha value is -3.47. The molecule has 0 atom stereocenters. The SMILES string of the molecule is CCc1ccc(NC(=O)c2cccc(C(=O)NCc3ccccc3C)n2)cc1. The summed E-state index contributed by atoms with van der Waals surface area (Å²) < 4.78 is 0. The molecule has 0 radical (unpaired) electrons. The summed E-state index contributed by atoms with van der Waals surface area (Å²) in [5, 5.41) is 5.66. The highest BCUT2D eigenvalue weighted by Gasteiger charge is 2.13. The second-order valence-corrected chi connectivity index (χ2v) is 6.52. The molecule has 0 saturated carbocycles. The van der Waals surface area contributed by atoms with Crippen LogP contribution in [0.1, 0.15) is 44.6 Å². The van der Waals surface area contributed by atoms with Crippen LogP contribution in [0.15, 0.2) is 66.7 Å². The average Bonchev–Trinajstić information content (AvgIpc) is 2.73. The van der Waals surface area contributed by atoms with Crippen LogP contribution in [0, 0.1) is 6.92 Å². The Kier molecular flexibility index (Phi) is 6.17. The molecule has 0 unspecified atom stereocenters. The molecule has 2 aromatic carbocycles. The van der Waals surface area contributed by atoms with Crippen LogP contribution in [0.2, 0.25) is 0 Å². The van der Waals surface area contributed by atoms with Gasteiger partial charge < -0.3 is 10.6 Å². The Morgan fingerprint density at radius 2 is 1.54 bits per heavy atom. The number of aromatic nitrogens is 1. The second kappa shape index (κ2) is 8.95. The number of aryl methyl sites for hydroxylation is 2. The van der Waals surface area contributed by atoms with E-state index in [9.17, 15) is 9.59 Å². The molecular weight excluding hydrogens is 350 g/mol. The number of nitrogens with one attached hydrogen (secondary N) is 2. The zero-order valence-corrected chi connectivity index (χ0v) is 16.0. The van der Waals surface area contributed by atoms with Crippen molar-refractivity contribution in [3.63, 3.8) is 0 Å². The summed E-state index contributed by atoms with van der Waals surface area (Å²) >= 11 is 0. The Morgan fingerprint density at radius 1 is 0.857 bits per heavy atom. The van der Waals surface area contributed by atoms with Gasteiger partial charge in [-0.2, -0.15) is 0 Å². The summed E-state index contributed by atoms with van der Waals surface area (Å²) in [6.07, 6.45) is 0.940. The Labute approximate surface area is 164 Å². The van der Waals surface area contributed by atoms with Crippen LogP contribution >= 0.6 is 0 Å². The lowest BCUT2D eigenvalue weighted by molar-refractivity contribution is 0.0945. The van der Waals surface area contributed by atoms with Gasteiger partial charge >= 0.3 is 0 Å². The number of carbonyl (C=O) groups excluding carboxylic acids is 2. The standard InChI is InChI=1S/C23H23N3O2/c1-3-17-11-13-19(14-12-17)25-23(28)21-10-6-9-20(26-21)22(27)24-15-18-8-5-4-7-16(18)2/h4-14H,3,15H2,1-2H3,(H,24,27)(H,25,28). The van der Waals surface area contributed by atoms with E-state index in [0.717, 1.165) is 17.5 Å². The lowest BCUT2D eigenvalue weighted by Gasteiger charge is -2.09. The van der Waals surface area contributed by atoms with Crippen molar-refractivity contribution in [2.24, 2.45) is 0 Å². The van der Waals surface area contributed by atoms with Gasteiger partial charge in [-0.3, -0.25) is 9.59 Å². The molecule has 0 aliphatic heterocycles. The predicted molar refractivity (Wildman–Crippen MR) is 110 cm³/mol. The van der Waals surface area contributed by atoms with Crippen LogP contribution in [0.25, 0.3) is 0 Å². The van der Waals surface area contributed by atoms with Crippen molar-refractivity contribution in [3.8, 4) is 0 Å². The summed E-state index contributed by atoms with van der Waals surface area (Å²) in [6, 6.07) is 20.4. The molecule has 1 heterocycles. The Morgan fingerprint density at radius 3 is 2.21 bits per heavy atom. The summed E-state index contributed by atoms with van der Waals surface area (Å²) in [5.74, 6) is -0.664. The second-order valence-electron chi connectivity index (χ2n) is 6.52. The smallest absolute Gasteiger partial charge is 0.274 e. The zero-order chi connectivity index (χ0) is 19.9. The van der Waals surface area contributed by atoms with E-state index >= 15 is 0 Å². The first-order chi connectivity index (χ1) is 13.6. The largest absolute Gasteiger partial charge is 0.347 e. The molecule has 0 aliphatic rings. The van der Waals surface area contributed by atoms with Gasteiger partial charge in [0.05, 0.1) is 0 Å². The van der Waals surface area contributed by atoms with Crippen LogP contribution in [-0.4, -0.2) is 16.8 Å². The number of amides is 2. The van der Waals surface area contributed by atoms with Gasteiger partial charge in [-0.25, -0.2) is 4.98 Å². The van der Waals surface area contributed by atoms with Gasteiger partial charge in [-0.1, -0.05) is 49.4 Å². The van der Waals surface area contributed by atoms with E-state index in [2.05, 4.69) is 22.5 Å². The van der Waals surface area contributed by atoms with E-state index < -0.39 is 0 Å². The van der Waals surface area contributed by atoms with E-state index in [1.807, 2.05) is 55.5 Å². The first-order valence-electron chi connectivity index (χ1n) is 9.27. The molecule has 0 spiro atoms. The summed E-state index contributed by atoms with van der Waals surface area (Å²) in [4.78, 5) is 29.1. The molecule has 3 aromatic rings. The molecule has 2 amide bonds. The Balaban J connectivity index is 1.66. The fraction of sp³-hybridized carbons (Fsp3) is 0.174. The van der Waals surface area contributed by atoms with Gasteiger partial charge in [-0.15, -0.1) is 0 Å². The number of benzene rings is 2. The van der Waals surface area contributed by atoms with E-state index in [1.165, 1.54) is 5.56 Å². The summed E-state index contributed by atoms with van der Waals surface area (Å²) in [5.41, 5.74) is 4.45. The number of hydrogen-bond acceptors (Lipinski definition) is 3. The number of pyridine rings is 1. The maximum atomic E-state index is 12.5. The molecule has 142 valence electrons. The minimum atomic E-state index is -0.349. The number of hydrogen-bond donors (Lipinski definition) is 2. The van der Waals surface area contributed by atoms with Gasteiger partial charge in [0.1, 0.15) is 11.4 Å². The lowest BCUT2D eigenvalue weighted by Crippen LogP contribution is -2.25.